The van der Waals surface area contributed by atoms with E-state index in [9.17, 15) is 9.59 Å². The fourth-order valence-electron chi connectivity index (χ4n) is 3.18. The molecule has 0 spiro atoms. The molecule has 0 aromatic heterocycles. The van der Waals surface area contributed by atoms with Crippen LogP contribution in [0.5, 0.6) is 0 Å². The van der Waals surface area contributed by atoms with E-state index in [2.05, 4.69) is 12.2 Å². The Hall–Kier alpha value is -1.10. The molecular weight excluding hydrogens is 244 g/mol. The van der Waals surface area contributed by atoms with Gasteiger partial charge in [0.2, 0.25) is 11.8 Å². The minimum Gasteiger partial charge on any atom is -0.381 e. The molecule has 3 aliphatic rings. The maximum Gasteiger partial charge on any atom is 0.225 e. The largest absolute Gasteiger partial charge is 0.381 e. The van der Waals surface area contributed by atoms with E-state index in [1.54, 1.807) is 0 Å². The van der Waals surface area contributed by atoms with Crippen LogP contribution in [-0.2, 0) is 14.3 Å². The third kappa shape index (κ3) is 2.91. The van der Waals surface area contributed by atoms with Gasteiger partial charge in [0.05, 0.1) is 6.04 Å². The molecular formula is C14H22N2O3. The highest BCUT2D eigenvalue weighted by molar-refractivity contribution is 5.82. The number of hydrogen-bond donors (Lipinski definition) is 1. The average Bonchev–Trinajstić information content (AvgIpc) is 2.77. The molecule has 3 fully saturated rings. The summed E-state index contributed by atoms with van der Waals surface area (Å²) in [6.45, 7) is 4.33. The monoisotopic (exact) mass is 266 g/mol. The Morgan fingerprint density at radius 3 is 2.95 bits per heavy atom. The van der Waals surface area contributed by atoms with E-state index in [0.29, 0.717) is 43.9 Å². The van der Waals surface area contributed by atoms with E-state index in [1.807, 2.05) is 4.90 Å². The molecule has 2 amide bonds. The molecule has 2 heterocycles. The van der Waals surface area contributed by atoms with Crippen molar-refractivity contribution in [2.75, 3.05) is 19.8 Å². The van der Waals surface area contributed by atoms with E-state index in [1.165, 1.54) is 0 Å². The standard InChI is InChI=1S/C14H22N2O3/c1-9-4-12(9)16-7-11(6-14(16)18)15-13(17)5-10-2-3-19-8-10/h9-12H,2-8H2,1H3,(H,15,17)/t9-,10-,11-,12+/m1/s1. The van der Waals surface area contributed by atoms with Crippen LogP contribution < -0.4 is 5.32 Å². The topological polar surface area (TPSA) is 58.6 Å². The lowest BCUT2D eigenvalue weighted by molar-refractivity contribution is -0.128. The molecule has 5 heteroatoms. The fraction of sp³-hybridized carbons (Fsp3) is 0.857. The molecule has 1 saturated carbocycles. The van der Waals surface area contributed by atoms with Crippen LogP contribution in [0, 0.1) is 11.8 Å². The molecule has 1 N–H and O–H groups in total. The summed E-state index contributed by atoms with van der Waals surface area (Å²) in [5.74, 6) is 1.26. The highest BCUT2D eigenvalue weighted by Crippen LogP contribution is 2.37. The highest BCUT2D eigenvalue weighted by atomic mass is 16.5. The van der Waals surface area contributed by atoms with Crippen molar-refractivity contribution in [3.63, 3.8) is 0 Å². The second kappa shape index (κ2) is 5.12. The van der Waals surface area contributed by atoms with E-state index in [-0.39, 0.29) is 17.9 Å². The third-order valence-corrected chi connectivity index (χ3v) is 4.49. The molecule has 0 unspecified atom stereocenters. The molecule has 2 saturated heterocycles. The molecule has 0 radical (unpaired) electrons. The SMILES string of the molecule is C[C@@H]1C[C@@H]1N1C[C@H](NC(=O)C[C@H]2CCOC2)CC1=O. The van der Waals surface area contributed by atoms with Crippen molar-refractivity contribution < 1.29 is 14.3 Å². The summed E-state index contributed by atoms with van der Waals surface area (Å²) in [5.41, 5.74) is 0. The van der Waals surface area contributed by atoms with Gasteiger partial charge >= 0.3 is 0 Å². The van der Waals surface area contributed by atoms with Crippen LogP contribution in [0.15, 0.2) is 0 Å². The Bertz CT molecular complexity index is 379. The van der Waals surface area contributed by atoms with Gasteiger partial charge < -0.3 is 15.0 Å². The van der Waals surface area contributed by atoms with E-state index >= 15 is 0 Å². The molecule has 2 aliphatic heterocycles. The minimum absolute atomic E-state index is 0.00937. The summed E-state index contributed by atoms with van der Waals surface area (Å²) >= 11 is 0. The number of hydrogen-bond acceptors (Lipinski definition) is 3. The number of ether oxygens (including phenoxy) is 1. The summed E-state index contributed by atoms with van der Waals surface area (Å²) in [6, 6.07) is 0.438. The molecule has 0 aromatic rings. The summed E-state index contributed by atoms with van der Waals surface area (Å²) in [7, 11) is 0. The van der Waals surface area contributed by atoms with Gasteiger partial charge in [0, 0.05) is 38.6 Å². The lowest BCUT2D eigenvalue weighted by atomic mass is 10.0. The number of nitrogens with one attached hydrogen (secondary N) is 1. The summed E-state index contributed by atoms with van der Waals surface area (Å²) in [6.07, 6.45) is 3.09. The first-order valence-electron chi connectivity index (χ1n) is 7.30. The third-order valence-electron chi connectivity index (χ3n) is 4.49. The zero-order chi connectivity index (χ0) is 13.4. The average molecular weight is 266 g/mol. The summed E-state index contributed by atoms with van der Waals surface area (Å²) in [5, 5.41) is 3.01. The van der Waals surface area contributed by atoms with Crippen LogP contribution in [0.1, 0.15) is 32.6 Å². The first-order chi connectivity index (χ1) is 9.13. The predicted octanol–water partition coefficient (Wildman–Crippen LogP) is 0.538. The normalized spacial score (nSPS) is 37.7. The van der Waals surface area contributed by atoms with Crippen molar-refractivity contribution in [1.29, 1.82) is 0 Å². The Balaban J connectivity index is 1.45. The van der Waals surface area contributed by atoms with Crippen molar-refractivity contribution in [2.45, 2.75) is 44.7 Å². The number of amides is 2. The van der Waals surface area contributed by atoms with E-state index in [4.69, 9.17) is 4.74 Å². The number of carbonyl (C=O) groups excluding carboxylic acids is 2. The van der Waals surface area contributed by atoms with Crippen LogP contribution in [0.4, 0.5) is 0 Å². The zero-order valence-electron chi connectivity index (χ0n) is 11.4. The molecule has 1 aliphatic carbocycles. The van der Waals surface area contributed by atoms with Crippen LogP contribution in [0.2, 0.25) is 0 Å². The predicted molar refractivity (Wildman–Crippen MR) is 69.4 cm³/mol. The quantitative estimate of drug-likeness (QED) is 0.808. The van der Waals surface area contributed by atoms with Crippen molar-refractivity contribution in [2.24, 2.45) is 11.8 Å². The van der Waals surface area contributed by atoms with Gasteiger partial charge in [-0.25, -0.2) is 0 Å². The Morgan fingerprint density at radius 2 is 2.32 bits per heavy atom. The van der Waals surface area contributed by atoms with Crippen molar-refractivity contribution in [3.05, 3.63) is 0 Å². The molecule has 4 atom stereocenters. The Labute approximate surface area is 113 Å². The maximum atomic E-state index is 11.9. The van der Waals surface area contributed by atoms with Gasteiger partial charge in [0.1, 0.15) is 0 Å². The Morgan fingerprint density at radius 1 is 1.53 bits per heavy atom. The van der Waals surface area contributed by atoms with Gasteiger partial charge in [-0.1, -0.05) is 6.92 Å². The Kier molecular flexibility index (Phi) is 3.48. The van der Waals surface area contributed by atoms with Crippen molar-refractivity contribution in [3.8, 4) is 0 Å². The molecule has 0 bridgehead atoms. The van der Waals surface area contributed by atoms with Gasteiger partial charge in [-0.3, -0.25) is 9.59 Å². The van der Waals surface area contributed by atoms with E-state index < -0.39 is 0 Å². The van der Waals surface area contributed by atoms with Crippen LogP contribution in [-0.4, -0.2) is 48.6 Å². The lowest BCUT2D eigenvalue weighted by Gasteiger charge is -2.17. The minimum atomic E-state index is 0.00937. The highest BCUT2D eigenvalue weighted by Gasteiger charge is 2.44. The molecule has 5 nitrogen and oxygen atoms in total. The smallest absolute Gasteiger partial charge is 0.225 e. The molecule has 106 valence electrons. The van der Waals surface area contributed by atoms with Gasteiger partial charge in [-0.05, 0) is 24.7 Å². The molecule has 0 aromatic carbocycles. The first kappa shape index (κ1) is 12.9. The van der Waals surface area contributed by atoms with Gasteiger partial charge in [0.15, 0.2) is 0 Å². The summed E-state index contributed by atoms with van der Waals surface area (Å²) in [4.78, 5) is 25.8. The second-order valence-corrected chi connectivity index (χ2v) is 6.23. The molecule has 19 heavy (non-hydrogen) atoms. The van der Waals surface area contributed by atoms with Gasteiger partial charge in [-0.2, -0.15) is 0 Å². The molecule has 3 rings (SSSR count). The first-order valence-corrected chi connectivity index (χ1v) is 7.30. The number of carbonyl (C=O) groups is 2. The van der Waals surface area contributed by atoms with Gasteiger partial charge in [0.25, 0.3) is 0 Å². The maximum absolute atomic E-state index is 11.9. The fourth-order valence-corrected chi connectivity index (χ4v) is 3.18. The summed E-state index contributed by atoms with van der Waals surface area (Å²) < 4.78 is 5.27. The second-order valence-electron chi connectivity index (χ2n) is 6.23. The van der Waals surface area contributed by atoms with Crippen LogP contribution in [0.25, 0.3) is 0 Å². The number of likely N-dealkylation sites (tertiary alicyclic amines) is 1. The lowest BCUT2D eigenvalue weighted by Crippen LogP contribution is -2.38. The van der Waals surface area contributed by atoms with Crippen LogP contribution in [0.3, 0.4) is 0 Å². The van der Waals surface area contributed by atoms with E-state index in [0.717, 1.165) is 19.4 Å². The number of rotatable bonds is 4. The number of nitrogens with zero attached hydrogens (tertiary/aromatic N) is 1. The van der Waals surface area contributed by atoms with Crippen molar-refractivity contribution >= 4 is 11.8 Å². The van der Waals surface area contributed by atoms with Crippen molar-refractivity contribution in [1.82, 2.24) is 10.2 Å². The van der Waals surface area contributed by atoms with Crippen LogP contribution >= 0.6 is 0 Å². The zero-order valence-corrected chi connectivity index (χ0v) is 11.4. The van der Waals surface area contributed by atoms with Gasteiger partial charge in [-0.15, -0.1) is 0 Å².